The van der Waals surface area contributed by atoms with Crippen molar-refractivity contribution in [2.45, 2.75) is 19.4 Å². The lowest BCUT2D eigenvalue weighted by Crippen LogP contribution is -2.42. The molecule has 1 rings (SSSR count). The summed E-state index contributed by atoms with van der Waals surface area (Å²) in [6.07, 6.45) is 3.48. The summed E-state index contributed by atoms with van der Waals surface area (Å²) in [6.45, 7) is 1.35. The molecule has 1 N–H and O–H groups in total. The van der Waals surface area contributed by atoms with Crippen LogP contribution in [0.5, 0.6) is 0 Å². The van der Waals surface area contributed by atoms with Crippen LogP contribution in [-0.2, 0) is 16.0 Å². The van der Waals surface area contributed by atoms with Crippen LogP contribution >= 0.6 is 0 Å². The molecule has 0 saturated heterocycles. The first-order valence-corrected chi connectivity index (χ1v) is 4.87. The van der Waals surface area contributed by atoms with Gasteiger partial charge in [0.15, 0.2) is 0 Å². The number of aromatic nitrogens is 1. The smallest absolute Gasteiger partial charge is 0.326 e. The van der Waals surface area contributed by atoms with Crippen molar-refractivity contribution in [3.8, 4) is 0 Å². The lowest BCUT2D eigenvalue weighted by Gasteiger charge is -2.23. The maximum absolute atomic E-state index is 11.1. The molecular weight excluding hydrogens is 208 g/mol. The van der Waals surface area contributed by atoms with E-state index in [1.54, 1.807) is 24.5 Å². The van der Waals surface area contributed by atoms with E-state index in [1.165, 1.54) is 18.9 Å². The number of hydrogen-bond donors (Lipinski definition) is 1. The Kier molecular flexibility index (Phi) is 3.99. The first-order chi connectivity index (χ1) is 7.52. The second-order valence-electron chi connectivity index (χ2n) is 3.54. The van der Waals surface area contributed by atoms with Gasteiger partial charge in [0.25, 0.3) is 0 Å². The molecule has 1 heterocycles. The number of amides is 1. The molecule has 0 radical (unpaired) electrons. The number of aliphatic carboxylic acids is 1. The van der Waals surface area contributed by atoms with E-state index in [1.807, 2.05) is 0 Å². The van der Waals surface area contributed by atoms with Gasteiger partial charge >= 0.3 is 5.97 Å². The number of nitrogens with zero attached hydrogens (tertiary/aromatic N) is 2. The van der Waals surface area contributed by atoms with E-state index in [4.69, 9.17) is 5.11 Å². The van der Waals surface area contributed by atoms with Gasteiger partial charge in [-0.2, -0.15) is 0 Å². The van der Waals surface area contributed by atoms with Gasteiger partial charge < -0.3 is 10.0 Å². The van der Waals surface area contributed by atoms with E-state index in [0.29, 0.717) is 0 Å². The molecule has 0 aromatic carbocycles. The summed E-state index contributed by atoms with van der Waals surface area (Å²) in [5.74, 6) is -1.27. The standard InChI is InChI=1S/C11H14N2O3/c1-8(14)13(2)10(11(15)16)7-9-3-5-12-6-4-9/h3-6,10H,7H2,1-2H3,(H,15,16). The van der Waals surface area contributed by atoms with Crippen LogP contribution in [0.1, 0.15) is 12.5 Å². The lowest BCUT2D eigenvalue weighted by molar-refractivity contribution is -0.148. The molecular formula is C11H14N2O3. The normalized spacial score (nSPS) is 11.9. The Hall–Kier alpha value is -1.91. The average Bonchev–Trinajstić information content (AvgIpc) is 2.26. The van der Waals surface area contributed by atoms with Crippen molar-refractivity contribution in [3.63, 3.8) is 0 Å². The molecule has 0 bridgehead atoms. The third kappa shape index (κ3) is 3.05. The number of pyridine rings is 1. The maximum atomic E-state index is 11.1. The molecule has 5 heteroatoms. The van der Waals surface area contributed by atoms with Crippen LogP contribution in [0.15, 0.2) is 24.5 Å². The Labute approximate surface area is 93.7 Å². The molecule has 0 fully saturated rings. The number of carboxylic acid groups (broad SMARTS) is 1. The van der Waals surface area contributed by atoms with Crippen molar-refractivity contribution in [2.75, 3.05) is 7.05 Å². The van der Waals surface area contributed by atoms with Crippen molar-refractivity contribution in [3.05, 3.63) is 30.1 Å². The van der Waals surface area contributed by atoms with Crippen LogP contribution in [0, 0.1) is 0 Å². The topological polar surface area (TPSA) is 70.5 Å². The van der Waals surface area contributed by atoms with Crippen molar-refractivity contribution >= 4 is 11.9 Å². The third-order valence-electron chi connectivity index (χ3n) is 2.43. The fourth-order valence-electron chi connectivity index (χ4n) is 1.35. The predicted molar refractivity (Wildman–Crippen MR) is 57.8 cm³/mol. The van der Waals surface area contributed by atoms with E-state index in [9.17, 15) is 9.59 Å². The Morgan fingerprint density at radius 1 is 1.44 bits per heavy atom. The van der Waals surface area contributed by atoms with Crippen molar-refractivity contribution in [2.24, 2.45) is 0 Å². The zero-order chi connectivity index (χ0) is 12.1. The van der Waals surface area contributed by atoms with E-state index >= 15 is 0 Å². The summed E-state index contributed by atoms with van der Waals surface area (Å²) in [7, 11) is 1.49. The number of rotatable bonds is 4. The van der Waals surface area contributed by atoms with Crippen molar-refractivity contribution in [1.82, 2.24) is 9.88 Å². The molecule has 1 atom stereocenters. The van der Waals surface area contributed by atoms with Gasteiger partial charge in [-0.3, -0.25) is 9.78 Å². The Bertz CT molecular complexity index is 378. The van der Waals surface area contributed by atoms with Crippen LogP contribution in [0.4, 0.5) is 0 Å². The fraction of sp³-hybridized carbons (Fsp3) is 0.364. The molecule has 0 aliphatic rings. The summed E-state index contributed by atoms with van der Waals surface area (Å²) in [4.78, 5) is 27.2. The summed E-state index contributed by atoms with van der Waals surface area (Å²) in [5.41, 5.74) is 0.843. The van der Waals surface area contributed by atoms with E-state index in [0.717, 1.165) is 5.56 Å². The van der Waals surface area contributed by atoms with Crippen molar-refractivity contribution < 1.29 is 14.7 Å². The van der Waals surface area contributed by atoms with Gasteiger partial charge in [0.05, 0.1) is 0 Å². The number of carboxylic acids is 1. The SMILES string of the molecule is CC(=O)N(C)C(Cc1ccncc1)C(=O)O. The number of carbonyl (C=O) groups excluding carboxylic acids is 1. The largest absolute Gasteiger partial charge is 0.480 e. The average molecular weight is 222 g/mol. The van der Waals surface area contributed by atoms with Gasteiger partial charge in [-0.15, -0.1) is 0 Å². The molecule has 0 aliphatic carbocycles. The minimum atomic E-state index is -1.01. The quantitative estimate of drug-likeness (QED) is 0.807. The first kappa shape index (κ1) is 12.2. The van der Waals surface area contributed by atoms with Gasteiger partial charge in [-0.25, -0.2) is 4.79 Å². The van der Waals surface area contributed by atoms with Crippen LogP contribution in [0.2, 0.25) is 0 Å². The molecule has 1 unspecified atom stereocenters. The van der Waals surface area contributed by atoms with Crippen molar-refractivity contribution in [1.29, 1.82) is 0 Å². The second-order valence-corrected chi connectivity index (χ2v) is 3.54. The molecule has 86 valence electrons. The van der Waals surface area contributed by atoms with Crippen LogP contribution in [0.3, 0.4) is 0 Å². The zero-order valence-electron chi connectivity index (χ0n) is 9.25. The summed E-state index contributed by atoms with van der Waals surface area (Å²) in [6, 6.07) is 2.65. The van der Waals surface area contributed by atoms with Gasteiger partial charge in [0.2, 0.25) is 5.91 Å². The zero-order valence-corrected chi connectivity index (χ0v) is 9.25. The summed E-state index contributed by atoms with van der Waals surface area (Å²) >= 11 is 0. The van der Waals surface area contributed by atoms with Gasteiger partial charge in [0.1, 0.15) is 6.04 Å². The number of carbonyl (C=O) groups is 2. The van der Waals surface area contributed by atoms with E-state index < -0.39 is 12.0 Å². The molecule has 16 heavy (non-hydrogen) atoms. The monoisotopic (exact) mass is 222 g/mol. The minimum Gasteiger partial charge on any atom is -0.480 e. The Morgan fingerprint density at radius 2 is 2.00 bits per heavy atom. The second kappa shape index (κ2) is 5.25. The highest BCUT2D eigenvalue weighted by molar-refractivity contribution is 5.82. The molecule has 0 saturated carbocycles. The predicted octanol–water partition coefficient (Wildman–Crippen LogP) is 0.556. The first-order valence-electron chi connectivity index (χ1n) is 4.87. The van der Waals surface area contributed by atoms with E-state index in [2.05, 4.69) is 4.98 Å². The number of hydrogen-bond acceptors (Lipinski definition) is 3. The highest BCUT2D eigenvalue weighted by Crippen LogP contribution is 2.07. The Balaban J connectivity index is 2.81. The third-order valence-corrected chi connectivity index (χ3v) is 2.43. The molecule has 1 amide bonds. The molecule has 5 nitrogen and oxygen atoms in total. The molecule has 1 aromatic rings. The highest BCUT2D eigenvalue weighted by Gasteiger charge is 2.24. The highest BCUT2D eigenvalue weighted by atomic mass is 16.4. The van der Waals surface area contributed by atoms with Gasteiger partial charge in [-0.1, -0.05) is 0 Å². The molecule has 0 aliphatic heterocycles. The molecule has 0 spiro atoms. The molecule has 1 aromatic heterocycles. The van der Waals surface area contributed by atoms with E-state index in [-0.39, 0.29) is 12.3 Å². The maximum Gasteiger partial charge on any atom is 0.326 e. The van der Waals surface area contributed by atoms with Gasteiger partial charge in [-0.05, 0) is 17.7 Å². The van der Waals surface area contributed by atoms with Gasteiger partial charge in [0, 0.05) is 32.8 Å². The lowest BCUT2D eigenvalue weighted by atomic mass is 10.1. The van der Waals surface area contributed by atoms with Crippen LogP contribution < -0.4 is 0 Å². The Morgan fingerprint density at radius 3 is 2.44 bits per heavy atom. The fourth-order valence-corrected chi connectivity index (χ4v) is 1.35. The number of likely N-dealkylation sites (N-methyl/N-ethyl adjacent to an activating group) is 1. The van der Waals surface area contributed by atoms with Crippen LogP contribution in [-0.4, -0.2) is 40.0 Å². The minimum absolute atomic E-state index is 0.263. The summed E-state index contributed by atoms with van der Waals surface area (Å²) in [5, 5.41) is 9.04. The van der Waals surface area contributed by atoms with Crippen LogP contribution in [0.25, 0.3) is 0 Å². The summed E-state index contributed by atoms with van der Waals surface area (Å²) < 4.78 is 0.